The minimum atomic E-state index is -0.556. The van der Waals surface area contributed by atoms with Gasteiger partial charge in [0, 0.05) is 16.6 Å². The fourth-order valence-electron chi connectivity index (χ4n) is 4.49. The Bertz CT molecular complexity index is 1480. The van der Waals surface area contributed by atoms with Crippen LogP contribution in [-0.4, -0.2) is 24.5 Å². The second kappa shape index (κ2) is 8.44. The lowest BCUT2D eigenvalue weighted by molar-refractivity contribution is 0.0973. The van der Waals surface area contributed by atoms with Crippen LogP contribution in [0.3, 0.4) is 0 Å². The van der Waals surface area contributed by atoms with Crippen LogP contribution in [0, 0.1) is 5.82 Å². The highest BCUT2D eigenvalue weighted by molar-refractivity contribution is 6.30. The Morgan fingerprint density at radius 2 is 1.82 bits per heavy atom. The zero-order chi connectivity index (χ0) is 23.1. The summed E-state index contributed by atoms with van der Waals surface area (Å²) in [6.07, 6.45) is 4.63. The molecule has 1 saturated carbocycles. The smallest absolute Gasteiger partial charge is 0.317 e. The van der Waals surface area contributed by atoms with Crippen molar-refractivity contribution >= 4 is 28.5 Å². The zero-order valence-electron chi connectivity index (χ0n) is 17.6. The Kier molecular flexibility index (Phi) is 5.46. The van der Waals surface area contributed by atoms with Gasteiger partial charge in [-0.2, -0.15) is 0 Å². The predicted molar refractivity (Wildman–Crippen MR) is 123 cm³/mol. The number of aromatic nitrogens is 4. The number of carbonyl (C=O) groups excluding carboxylic acids is 1. The molecule has 7 nitrogen and oxygen atoms in total. The quantitative estimate of drug-likeness (QED) is 0.414. The molecule has 2 aromatic heterocycles. The third kappa shape index (κ3) is 3.80. The van der Waals surface area contributed by atoms with Crippen LogP contribution in [0.4, 0.5) is 4.39 Å². The number of carbonyl (C=O) groups is 1. The molecule has 2 aromatic carbocycles. The van der Waals surface area contributed by atoms with Crippen LogP contribution in [0.1, 0.15) is 42.1 Å². The van der Waals surface area contributed by atoms with Gasteiger partial charge in [-0.1, -0.05) is 30.5 Å². The average Bonchev–Trinajstić information content (AvgIpc) is 3.45. The molecule has 1 fully saturated rings. The maximum Gasteiger partial charge on any atom is 0.337 e. The van der Waals surface area contributed by atoms with Gasteiger partial charge in [0.05, 0.1) is 18.6 Å². The lowest BCUT2D eigenvalue weighted by Gasteiger charge is -2.17. The van der Waals surface area contributed by atoms with Crippen molar-refractivity contribution in [1.82, 2.24) is 18.7 Å². The minimum Gasteiger partial charge on any atom is -0.317 e. The Labute approximate surface area is 192 Å². The van der Waals surface area contributed by atoms with Crippen molar-refractivity contribution in [2.24, 2.45) is 0 Å². The maximum absolute atomic E-state index is 14.0. The predicted octanol–water partition coefficient (Wildman–Crippen LogP) is 4.14. The molecular formula is C24H20ClFN4O3. The third-order valence-electron chi connectivity index (χ3n) is 6.09. The summed E-state index contributed by atoms with van der Waals surface area (Å²) in [5.41, 5.74) is -0.112. The SMILES string of the molecule is O=C(Cn1cnc2c1c(=O)n(C1CCCC1)c(=O)n2-c1cccc(F)c1)c1ccc(Cl)cc1. The Balaban J connectivity index is 1.71. The van der Waals surface area contributed by atoms with Crippen LogP contribution in [0.15, 0.2) is 64.4 Å². The van der Waals surface area contributed by atoms with Crippen LogP contribution in [-0.2, 0) is 6.54 Å². The molecule has 0 saturated heterocycles. The number of rotatable bonds is 5. The van der Waals surface area contributed by atoms with Crippen LogP contribution in [0.2, 0.25) is 5.02 Å². The topological polar surface area (TPSA) is 78.9 Å². The van der Waals surface area contributed by atoms with E-state index in [0.29, 0.717) is 23.4 Å². The highest BCUT2D eigenvalue weighted by Gasteiger charge is 2.26. The Morgan fingerprint density at radius 3 is 2.52 bits per heavy atom. The largest absolute Gasteiger partial charge is 0.337 e. The molecule has 168 valence electrons. The number of hydrogen-bond donors (Lipinski definition) is 0. The molecule has 9 heteroatoms. The standard InChI is InChI=1S/C24H20ClFN4O3/c25-16-10-8-15(9-11-16)20(31)13-28-14-27-22-21(28)23(32)30(18-5-1-2-6-18)24(33)29(22)19-7-3-4-17(26)12-19/h3-4,7-12,14,18H,1-2,5-6,13H2. The van der Waals surface area contributed by atoms with Crippen molar-refractivity contribution in [2.75, 3.05) is 0 Å². The molecule has 33 heavy (non-hydrogen) atoms. The maximum atomic E-state index is 14.0. The van der Waals surface area contributed by atoms with E-state index in [-0.39, 0.29) is 35.2 Å². The third-order valence-corrected chi connectivity index (χ3v) is 6.34. The van der Waals surface area contributed by atoms with Crippen molar-refractivity contribution in [2.45, 2.75) is 38.3 Å². The molecule has 4 aromatic rings. The molecule has 0 bridgehead atoms. The molecule has 1 aliphatic rings. The first kappa shape index (κ1) is 21.3. The summed E-state index contributed by atoms with van der Waals surface area (Å²) in [4.78, 5) is 44.1. The van der Waals surface area contributed by atoms with Crippen LogP contribution >= 0.6 is 11.6 Å². The molecule has 5 rings (SSSR count). The van der Waals surface area contributed by atoms with Gasteiger partial charge in [0.25, 0.3) is 5.56 Å². The van der Waals surface area contributed by atoms with Gasteiger partial charge in [-0.25, -0.2) is 18.7 Å². The molecule has 2 heterocycles. The number of nitrogens with zero attached hydrogens (tertiary/aromatic N) is 4. The number of halogens is 2. The van der Waals surface area contributed by atoms with Crippen molar-refractivity contribution in [3.63, 3.8) is 0 Å². The van der Waals surface area contributed by atoms with E-state index in [9.17, 15) is 18.8 Å². The van der Waals surface area contributed by atoms with Crippen LogP contribution in [0.25, 0.3) is 16.9 Å². The molecule has 1 aliphatic carbocycles. The summed E-state index contributed by atoms with van der Waals surface area (Å²) >= 11 is 5.91. The second-order valence-corrected chi connectivity index (χ2v) is 8.62. The number of imidazole rings is 1. The van der Waals surface area contributed by atoms with Gasteiger partial charge in [0.15, 0.2) is 16.9 Å². The molecule has 0 N–H and O–H groups in total. The first-order chi connectivity index (χ1) is 15.9. The van der Waals surface area contributed by atoms with E-state index >= 15 is 0 Å². The van der Waals surface area contributed by atoms with Crippen LogP contribution in [0.5, 0.6) is 0 Å². The van der Waals surface area contributed by atoms with Gasteiger partial charge in [0.1, 0.15) is 5.82 Å². The second-order valence-electron chi connectivity index (χ2n) is 8.19. The number of hydrogen-bond acceptors (Lipinski definition) is 4. The fourth-order valence-corrected chi connectivity index (χ4v) is 4.61. The summed E-state index contributed by atoms with van der Waals surface area (Å²) in [7, 11) is 0. The molecule has 0 atom stereocenters. The molecule has 0 radical (unpaired) electrons. The van der Waals surface area contributed by atoms with E-state index in [2.05, 4.69) is 4.98 Å². The Morgan fingerprint density at radius 1 is 1.09 bits per heavy atom. The normalized spacial score (nSPS) is 14.2. The van der Waals surface area contributed by atoms with Gasteiger partial charge >= 0.3 is 5.69 Å². The average molecular weight is 467 g/mol. The Hall–Kier alpha value is -3.52. The summed E-state index contributed by atoms with van der Waals surface area (Å²) in [5, 5.41) is 0.512. The van der Waals surface area contributed by atoms with Gasteiger partial charge in [-0.3, -0.25) is 14.2 Å². The number of Topliss-reactive ketones (excluding diaryl/α,β-unsaturated/α-hetero) is 1. The molecule has 0 spiro atoms. The van der Waals surface area contributed by atoms with E-state index in [0.717, 1.165) is 12.8 Å². The number of benzene rings is 2. The lowest BCUT2D eigenvalue weighted by atomic mass is 10.1. The van der Waals surface area contributed by atoms with Crippen molar-refractivity contribution < 1.29 is 9.18 Å². The molecule has 0 aliphatic heterocycles. The van der Waals surface area contributed by atoms with Gasteiger partial charge in [0.2, 0.25) is 0 Å². The van der Waals surface area contributed by atoms with E-state index in [4.69, 9.17) is 11.6 Å². The lowest BCUT2D eigenvalue weighted by Crippen LogP contribution is -2.42. The molecular weight excluding hydrogens is 447 g/mol. The minimum absolute atomic E-state index is 0.0914. The molecule has 0 unspecified atom stereocenters. The van der Waals surface area contributed by atoms with Crippen molar-refractivity contribution in [1.29, 1.82) is 0 Å². The van der Waals surface area contributed by atoms with Gasteiger partial charge in [-0.05, 0) is 55.3 Å². The van der Waals surface area contributed by atoms with Gasteiger partial charge < -0.3 is 4.57 Å². The number of fused-ring (bicyclic) bond motifs is 1. The summed E-state index contributed by atoms with van der Waals surface area (Å²) in [5.74, 6) is -0.746. The highest BCUT2D eigenvalue weighted by atomic mass is 35.5. The monoisotopic (exact) mass is 466 g/mol. The summed E-state index contributed by atoms with van der Waals surface area (Å²) in [6, 6.07) is 11.8. The number of ketones is 1. The van der Waals surface area contributed by atoms with Crippen molar-refractivity contribution in [3.8, 4) is 5.69 Å². The highest BCUT2D eigenvalue weighted by Crippen LogP contribution is 2.28. The van der Waals surface area contributed by atoms with E-state index in [1.807, 2.05) is 0 Å². The first-order valence-corrected chi connectivity index (χ1v) is 11.1. The van der Waals surface area contributed by atoms with E-state index < -0.39 is 17.1 Å². The van der Waals surface area contributed by atoms with Gasteiger partial charge in [-0.15, -0.1) is 0 Å². The first-order valence-electron chi connectivity index (χ1n) is 10.7. The van der Waals surface area contributed by atoms with E-state index in [1.165, 1.54) is 38.2 Å². The summed E-state index contributed by atoms with van der Waals surface area (Å²) in [6.45, 7) is -0.139. The fraction of sp³-hybridized carbons (Fsp3) is 0.250. The summed E-state index contributed by atoms with van der Waals surface area (Å²) < 4.78 is 17.9. The molecule has 0 amide bonds. The van der Waals surface area contributed by atoms with E-state index in [1.54, 1.807) is 30.3 Å². The van der Waals surface area contributed by atoms with Crippen molar-refractivity contribution in [3.05, 3.63) is 92.1 Å². The zero-order valence-corrected chi connectivity index (χ0v) is 18.3. The van der Waals surface area contributed by atoms with Crippen LogP contribution < -0.4 is 11.2 Å².